The molecular weight excluding hydrogens is 250 g/mol. The fourth-order valence-corrected chi connectivity index (χ4v) is 3.40. The lowest BCUT2D eigenvalue weighted by Crippen LogP contribution is -2.38. The van der Waals surface area contributed by atoms with E-state index in [0.29, 0.717) is 6.61 Å². The third kappa shape index (κ3) is 3.33. The number of aryl methyl sites for hydroxylation is 1. The molecule has 1 aromatic rings. The Bertz CT molecular complexity index is 441. The Morgan fingerprint density at radius 2 is 1.95 bits per heavy atom. The van der Waals surface area contributed by atoms with Crippen LogP contribution >= 0.6 is 0 Å². The van der Waals surface area contributed by atoms with Crippen LogP contribution in [0.3, 0.4) is 0 Å². The first-order valence-electron chi connectivity index (χ1n) is 7.97. The van der Waals surface area contributed by atoms with Gasteiger partial charge in [-0.1, -0.05) is 18.6 Å². The largest absolute Gasteiger partial charge is 0.491 e. The van der Waals surface area contributed by atoms with Gasteiger partial charge in [-0.25, -0.2) is 0 Å². The van der Waals surface area contributed by atoms with Crippen molar-refractivity contribution in [2.75, 3.05) is 26.2 Å². The maximum atomic E-state index is 10.1. The van der Waals surface area contributed by atoms with E-state index in [9.17, 15) is 5.11 Å². The number of rotatable bonds is 5. The first kappa shape index (κ1) is 13.9. The SMILES string of the molecule is O[C@@H](COc1cccc2c1CCC2)CN1CCCCC1. The van der Waals surface area contributed by atoms with Gasteiger partial charge in [0.25, 0.3) is 0 Å². The van der Waals surface area contributed by atoms with E-state index in [1.54, 1.807) is 0 Å². The van der Waals surface area contributed by atoms with Crippen LogP contribution in [0.25, 0.3) is 0 Å². The van der Waals surface area contributed by atoms with Gasteiger partial charge >= 0.3 is 0 Å². The molecule has 0 aromatic heterocycles. The lowest BCUT2D eigenvalue weighted by molar-refractivity contribution is 0.0614. The highest BCUT2D eigenvalue weighted by Crippen LogP contribution is 2.30. The summed E-state index contributed by atoms with van der Waals surface area (Å²) in [5.74, 6) is 0.984. The van der Waals surface area contributed by atoms with Crippen LogP contribution in [0.5, 0.6) is 5.75 Å². The Labute approximate surface area is 121 Å². The number of hydrogen-bond acceptors (Lipinski definition) is 3. The molecule has 110 valence electrons. The minimum Gasteiger partial charge on any atom is -0.491 e. The predicted molar refractivity (Wildman–Crippen MR) is 80.3 cm³/mol. The zero-order valence-corrected chi connectivity index (χ0v) is 12.2. The molecule has 1 N–H and O–H groups in total. The van der Waals surface area contributed by atoms with Gasteiger partial charge in [0.05, 0.1) is 0 Å². The second-order valence-electron chi connectivity index (χ2n) is 6.07. The third-order valence-electron chi connectivity index (χ3n) is 4.45. The number of piperidine rings is 1. The Morgan fingerprint density at radius 3 is 2.80 bits per heavy atom. The molecule has 0 bridgehead atoms. The molecule has 20 heavy (non-hydrogen) atoms. The number of benzene rings is 1. The number of β-amino-alcohol motifs (C(OH)–C–C–N with tert-alkyl or cyclic N) is 1. The van der Waals surface area contributed by atoms with E-state index in [-0.39, 0.29) is 6.10 Å². The average molecular weight is 275 g/mol. The average Bonchev–Trinajstić information content (AvgIpc) is 2.95. The van der Waals surface area contributed by atoms with E-state index in [1.807, 2.05) is 6.07 Å². The van der Waals surface area contributed by atoms with Crippen molar-refractivity contribution in [3.05, 3.63) is 29.3 Å². The zero-order chi connectivity index (χ0) is 13.8. The van der Waals surface area contributed by atoms with Crippen LogP contribution in [-0.2, 0) is 12.8 Å². The van der Waals surface area contributed by atoms with Gasteiger partial charge in [0, 0.05) is 6.54 Å². The molecule has 1 aliphatic carbocycles. The van der Waals surface area contributed by atoms with Gasteiger partial charge in [-0.15, -0.1) is 0 Å². The van der Waals surface area contributed by atoms with Crippen LogP contribution in [-0.4, -0.2) is 42.4 Å². The maximum absolute atomic E-state index is 10.1. The van der Waals surface area contributed by atoms with Gasteiger partial charge in [-0.2, -0.15) is 0 Å². The highest BCUT2D eigenvalue weighted by atomic mass is 16.5. The molecule has 1 atom stereocenters. The summed E-state index contributed by atoms with van der Waals surface area (Å²) in [5.41, 5.74) is 2.78. The smallest absolute Gasteiger partial charge is 0.122 e. The van der Waals surface area contributed by atoms with Crippen molar-refractivity contribution in [2.24, 2.45) is 0 Å². The topological polar surface area (TPSA) is 32.7 Å². The van der Waals surface area contributed by atoms with E-state index in [4.69, 9.17) is 4.74 Å². The first-order valence-corrected chi connectivity index (χ1v) is 7.97. The van der Waals surface area contributed by atoms with Crippen molar-refractivity contribution in [1.29, 1.82) is 0 Å². The van der Waals surface area contributed by atoms with Crippen LogP contribution in [0.2, 0.25) is 0 Å². The minimum atomic E-state index is -0.384. The van der Waals surface area contributed by atoms with Crippen molar-refractivity contribution in [3.63, 3.8) is 0 Å². The molecule has 3 heteroatoms. The number of fused-ring (bicyclic) bond motifs is 1. The van der Waals surface area contributed by atoms with Crippen LogP contribution in [0.4, 0.5) is 0 Å². The summed E-state index contributed by atoms with van der Waals surface area (Å²) >= 11 is 0. The van der Waals surface area contributed by atoms with Crippen molar-refractivity contribution in [2.45, 2.75) is 44.6 Å². The van der Waals surface area contributed by atoms with Gasteiger partial charge in [0.15, 0.2) is 0 Å². The summed E-state index contributed by atoms with van der Waals surface area (Å²) < 4.78 is 5.88. The number of hydrogen-bond donors (Lipinski definition) is 1. The summed E-state index contributed by atoms with van der Waals surface area (Å²) in [5, 5.41) is 10.1. The maximum Gasteiger partial charge on any atom is 0.122 e. The fourth-order valence-electron chi connectivity index (χ4n) is 3.40. The Balaban J connectivity index is 1.50. The quantitative estimate of drug-likeness (QED) is 0.895. The van der Waals surface area contributed by atoms with Crippen molar-refractivity contribution >= 4 is 0 Å². The molecule has 1 aromatic carbocycles. The summed E-state index contributed by atoms with van der Waals surface area (Å²) in [6.45, 7) is 3.40. The van der Waals surface area contributed by atoms with E-state index in [0.717, 1.165) is 31.8 Å². The second-order valence-corrected chi connectivity index (χ2v) is 6.07. The molecular formula is C17H25NO2. The van der Waals surface area contributed by atoms with Crippen molar-refractivity contribution in [1.82, 2.24) is 4.90 Å². The van der Waals surface area contributed by atoms with E-state index >= 15 is 0 Å². The molecule has 1 heterocycles. The van der Waals surface area contributed by atoms with Gasteiger partial charge < -0.3 is 14.7 Å². The molecule has 0 spiro atoms. The van der Waals surface area contributed by atoms with Crippen LogP contribution in [0, 0.1) is 0 Å². The Morgan fingerprint density at radius 1 is 1.10 bits per heavy atom. The molecule has 0 radical (unpaired) electrons. The van der Waals surface area contributed by atoms with E-state index < -0.39 is 0 Å². The lowest BCUT2D eigenvalue weighted by atomic mass is 10.1. The lowest BCUT2D eigenvalue weighted by Gasteiger charge is -2.28. The van der Waals surface area contributed by atoms with Crippen molar-refractivity contribution in [3.8, 4) is 5.75 Å². The molecule has 0 amide bonds. The van der Waals surface area contributed by atoms with Gasteiger partial charge in [0.2, 0.25) is 0 Å². The van der Waals surface area contributed by atoms with Crippen LogP contribution in [0.15, 0.2) is 18.2 Å². The number of likely N-dealkylation sites (tertiary alicyclic amines) is 1. The molecule has 1 fully saturated rings. The number of aliphatic hydroxyl groups excluding tert-OH is 1. The van der Waals surface area contributed by atoms with Crippen LogP contribution < -0.4 is 4.74 Å². The summed E-state index contributed by atoms with van der Waals surface area (Å²) in [6.07, 6.45) is 6.99. The van der Waals surface area contributed by atoms with Gasteiger partial charge in [-0.3, -0.25) is 0 Å². The zero-order valence-electron chi connectivity index (χ0n) is 12.2. The Kier molecular flexibility index (Phi) is 4.58. The van der Waals surface area contributed by atoms with E-state index in [2.05, 4.69) is 17.0 Å². The fraction of sp³-hybridized carbons (Fsp3) is 0.647. The predicted octanol–water partition coefficient (Wildman–Crippen LogP) is 2.40. The minimum absolute atomic E-state index is 0.384. The van der Waals surface area contributed by atoms with Gasteiger partial charge in [-0.05, 0) is 62.4 Å². The van der Waals surface area contributed by atoms with Gasteiger partial charge in [0.1, 0.15) is 18.5 Å². The molecule has 2 aliphatic rings. The summed E-state index contributed by atoms with van der Waals surface area (Å²) in [7, 11) is 0. The monoisotopic (exact) mass is 275 g/mol. The molecule has 1 saturated heterocycles. The molecule has 1 aliphatic heterocycles. The van der Waals surface area contributed by atoms with Crippen molar-refractivity contribution < 1.29 is 9.84 Å². The molecule has 0 unspecified atom stereocenters. The Hall–Kier alpha value is -1.06. The number of nitrogens with zero attached hydrogens (tertiary/aromatic N) is 1. The second kappa shape index (κ2) is 6.59. The summed E-state index contributed by atoms with van der Waals surface area (Å²) in [6, 6.07) is 6.30. The first-order chi connectivity index (χ1) is 9.83. The highest BCUT2D eigenvalue weighted by molar-refractivity contribution is 5.43. The van der Waals surface area contributed by atoms with Crippen LogP contribution in [0.1, 0.15) is 36.8 Å². The molecule has 0 saturated carbocycles. The molecule has 3 nitrogen and oxygen atoms in total. The number of aliphatic hydroxyl groups is 1. The standard InChI is InChI=1S/C17H25NO2/c19-15(12-18-10-2-1-3-11-18)13-20-17-9-5-7-14-6-4-8-16(14)17/h5,7,9,15,19H,1-4,6,8,10-13H2/t15-/m1/s1. The summed E-state index contributed by atoms with van der Waals surface area (Å²) in [4.78, 5) is 2.35. The highest BCUT2D eigenvalue weighted by Gasteiger charge is 2.18. The number of ether oxygens (including phenoxy) is 1. The normalized spacial score (nSPS) is 20.6. The molecule has 3 rings (SSSR count). The van der Waals surface area contributed by atoms with E-state index in [1.165, 1.54) is 43.2 Å². The third-order valence-corrected chi connectivity index (χ3v) is 4.45.